The Bertz CT molecular complexity index is 116. The summed E-state index contributed by atoms with van der Waals surface area (Å²) in [6.45, 7) is 0. The average Bonchev–Trinajstić information content (AvgIpc) is 1.93. The Morgan fingerprint density at radius 3 is 1.78 bits per heavy atom. The summed E-state index contributed by atoms with van der Waals surface area (Å²) in [5.41, 5.74) is 0. The predicted octanol–water partition coefficient (Wildman–Crippen LogP) is -0.587. The van der Waals surface area contributed by atoms with Gasteiger partial charge < -0.3 is 0 Å². The molecule has 1 rings (SSSR count). The fourth-order valence-corrected chi connectivity index (χ4v) is 0.313. The molecule has 4 nitrogen and oxygen atoms in total. The SMILES string of the molecule is O=[NH+][O-].c1ccncc1. The number of nitrogens with one attached hydrogen (secondary N) is 1. The van der Waals surface area contributed by atoms with Gasteiger partial charge in [-0.3, -0.25) is 15.1 Å². The van der Waals surface area contributed by atoms with E-state index in [1.165, 1.54) is 0 Å². The van der Waals surface area contributed by atoms with E-state index in [-0.39, 0.29) is 5.34 Å². The Morgan fingerprint density at radius 2 is 1.67 bits per heavy atom. The molecular formula is C5H6N2O2. The minimum atomic E-state index is 0.250. The van der Waals surface area contributed by atoms with Crippen molar-refractivity contribution >= 4 is 0 Å². The average molecular weight is 126 g/mol. The van der Waals surface area contributed by atoms with Gasteiger partial charge in [0.1, 0.15) is 0 Å². The summed E-state index contributed by atoms with van der Waals surface area (Å²) in [6, 6.07) is 5.72. The van der Waals surface area contributed by atoms with Gasteiger partial charge in [-0.15, -0.1) is 0 Å². The maximum absolute atomic E-state index is 8.12. The summed E-state index contributed by atoms with van der Waals surface area (Å²) in [5.74, 6) is 0. The van der Waals surface area contributed by atoms with E-state index in [1.54, 1.807) is 12.4 Å². The van der Waals surface area contributed by atoms with E-state index in [2.05, 4.69) is 4.98 Å². The number of hydrogen-bond acceptors (Lipinski definition) is 3. The minimum absolute atomic E-state index is 0.250. The molecule has 0 aliphatic rings. The van der Waals surface area contributed by atoms with Crippen molar-refractivity contribution in [3.8, 4) is 0 Å². The van der Waals surface area contributed by atoms with Crippen molar-refractivity contribution in [2.45, 2.75) is 0 Å². The maximum Gasteiger partial charge on any atom is 0.0267 e. The topological polar surface area (TPSA) is 67.0 Å². The van der Waals surface area contributed by atoms with E-state index in [1.807, 2.05) is 18.2 Å². The zero-order valence-electron chi connectivity index (χ0n) is 4.65. The summed E-state index contributed by atoms with van der Waals surface area (Å²) < 4.78 is 0. The van der Waals surface area contributed by atoms with Crippen LogP contribution in [0, 0.1) is 10.1 Å². The smallest absolute Gasteiger partial charge is 0.0267 e. The highest BCUT2D eigenvalue weighted by atomic mass is 16.6. The summed E-state index contributed by atoms with van der Waals surface area (Å²) in [6.07, 6.45) is 3.50. The number of nitrogens with zero attached hydrogens (tertiary/aromatic N) is 1. The molecule has 9 heavy (non-hydrogen) atoms. The molecule has 0 fully saturated rings. The molecule has 0 aliphatic heterocycles. The van der Waals surface area contributed by atoms with Gasteiger partial charge in [-0.1, -0.05) is 6.07 Å². The quantitative estimate of drug-likeness (QED) is 0.373. The van der Waals surface area contributed by atoms with Gasteiger partial charge in [-0.05, 0) is 12.1 Å². The molecule has 4 heteroatoms. The molecule has 0 radical (unpaired) electrons. The lowest BCUT2D eigenvalue weighted by atomic mass is 10.5. The van der Waals surface area contributed by atoms with Crippen molar-refractivity contribution in [1.29, 1.82) is 0 Å². The summed E-state index contributed by atoms with van der Waals surface area (Å²) in [5, 5.41) is 8.38. The molecule has 0 aliphatic carbocycles. The van der Waals surface area contributed by atoms with Crippen molar-refractivity contribution in [1.82, 2.24) is 4.98 Å². The number of pyridine rings is 1. The Balaban J connectivity index is 0.000000187. The van der Waals surface area contributed by atoms with Gasteiger partial charge in [0, 0.05) is 17.7 Å². The molecule has 0 aromatic carbocycles. The minimum Gasteiger partial charge on any atom is -0.267 e. The van der Waals surface area contributed by atoms with Gasteiger partial charge in [0.05, 0.1) is 0 Å². The Hall–Kier alpha value is -1.45. The van der Waals surface area contributed by atoms with E-state index < -0.39 is 0 Å². The second-order valence-electron chi connectivity index (χ2n) is 1.11. The lowest BCUT2D eigenvalue weighted by molar-refractivity contribution is -0.398. The lowest BCUT2D eigenvalue weighted by Gasteiger charge is -1.70. The molecule has 0 saturated carbocycles. The van der Waals surface area contributed by atoms with Crippen LogP contribution in [0.1, 0.15) is 0 Å². The van der Waals surface area contributed by atoms with Crippen molar-refractivity contribution in [3.63, 3.8) is 0 Å². The highest BCUT2D eigenvalue weighted by Crippen LogP contribution is 1.73. The van der Waals surface area contributed by atoms with Crippen LogP contribution in [0.3, 0.4) is 0 Å². The molecular weight excluding hydrogens is 120 g/mol. The van der Waals surface area contributed by atoms with Gasteiger partial charge in [0.25, 0.3) is 0 Å². The van der Waals surface area contributed by atoms with Crippen LogP contribution in [0.4, 0.5) is 0 Å². The van der Waals surface area contributed by atoms with Crippen LogP contribution in [-0.2, 0) is 0 Å². The van der Waals surface area contributed by atoms with Gasteiger partial charge in [0.15, 0.2) is 0 Å². The largest absolute Gasteiger partial charge is 0.267 e. The Morgan fingerprint density at radius 1 is 1.22 bits per heavy atom. The Kier molecular flexibility index (Phi) is 5.49. The standard InChI is InChI=1S/C5H5N.HNO2/c1-2-4-6-5-3-1;2-1-3/h1-5H;1H. The van der Waals surface area contributed by atoms with Crippen molar-refractivity contribution in [2.75, 3.05) is 0 Å². The molecule has 0 spiro atoms. The third kappa shape index (κ3) is 6.55. The number of rotatable bonds is 0. The molecule has 1 aromatic rings. The number of aromatic nitrogens is 1. The first-order valence-corrected chi connectivity index (χ1v) is 2.26. The summed E-state index contributed by atoms with van der Waals surface area (Å²) in [7, 11) is 0. The fourth-order valence-electron chi connectivity index (χ4n) is 0.313. The Labute approximate surface area is 52.1 Å². The van der Waals surface area contributed by atoms with Crippen LogP contribution in [0.2, 0.25) is 0 Å². The molecule has 0 atom stereocenters. The van der Waals surface area contributed by atoms with Crippen molar-refractivity contribution in [2.24, 2.45) is 0 Å². The third-order valence-corrected chi connectivity index (χ3v) is 0.566. The first kappa shape index (κ1) is 7.55. The van der Waals surface area contributed by atoms with Gasteiger partial charge in [0.2, 0.25) is 0 Å². The monoisotopic (exact) mass is 126 g/mol. The van der Waals surface area contributed by atoms with Gasteiger partial charge in [-0.2, -0.15) is 0 Å². The van der Waals surface area contributed by atoms with Crippen LogP contribution in [0.25, 0.3) is 0 Å². The zero-order valence-corrected chi connectivity index (χ0v) is 4.65. The molecule has 1 heterocycles. The van der Waals surface area contributed by atoms with Crippen LogP contribution in [-0.4, -0.2) is 4.98 Å². The summed E-state index contributed by atoms with van der Waals surface area (Å²) in [4.78, 5) is 11.9. The predicted molar refractivity (Wildman–Crippen MR) is 31.9 cm³/mol. The van der Waals surface area contributed by atoms with E-state index in [0.29, 0.717) is 0 Å². The first-order valence-electron chi connectivity index (χ1n) is 2.26. The molecule has 0 saturated heterocycles. The lowest BCUT2D eigenvalue weighted by Crippen LogP contribution is -2.53. The zero-order chi connectivity index (χ0) is 6.95. The van der Waals surface area contributed by atoms with E-state index in [4.69, 9.17) is 10.1 Å². The highest BCUT2D eigenvalue weighted by Gasteiger charge is 1.58. The van der Waals surface area contributed by atoms with Gasteiger partial charge >= 0.3 is 0 Å². The summed E-state index contributed by atoms with van der Waals surface area (Å²) >= 11 is 0. The van der Waals surface area contributed by atoms with Crippen LogP contribution in [0.5, 0.6) is 0 Å². The molecule has 1 aromatic heterocycles. The molecule has 1 N–H and O–H groups in total. The molecule has 0 unspecified atom stereocenters. The second kappa shape index (κ2) is 6.55. The van der Waals surface area contributed by atoms with E-state index in [0.717, 1.165) is 0 Å². The number of hydrogen-bond donors (Lipinski definition) is 1. The maximum atomic E-state index is 8.12. The highest BCUT2D eigenvalue weighted by molar-refractivity contribution is 4.88. The van der Waals surface area contributed by atoms with Gasteiger partial charge in [-0.25, -0.2) is 0 Å². The van der Waals surface area contributed by atoms with E-state index >= 15 is 0 Å². The van der Waals surface area contributed by atoms with E-state index in [9.17, 15) is 0 Å². The molecule has 48 valence electrons. The van der Waals surface area contributed by atoms with Crippen LogP contribution >= 0.6 is 0 Å². The van der Waals surface area contributed by atoms with Crippen LogP contribution < -0.4 is 5.34 Å². The molecule has 0 amide bonds. The second-order valence-corrected chi connectivity index (χ2v) is 1.11. The fraction of sp³-hybridized carbons (Fsp3) is 0. The first-order chi connectivity index (χ1) is 4.41. The normalized spacial score (nSPS) is 6.67. The molecule has 0 bridgehead atoms. The van der Waals surface area contributed by atoms with Crippen LogP contribution in [0.15, 0.2) is 30.6 Å². The van der Waals surface area contributed by atoms with Crippen molar-refractivity contribution in [3.05, 3.63) is 40.7 Å². The third-order valence-electron chi connectivity index (χ3n) is 0.566. The van der Waals surface area contributed by atoms with Crippen molar-refractivity contribution < 1.29 is 5.34 Å².